The molecule has 0 heterocycles. The number of hydrogen-bond donors (Lipinski definition) is 1. The second-order valence-electron chi connectivity index (χ2n) is 5.45. The quantitative estimate of drug-likeness (QED) is 0.809. The number of benzene rings is 2. The smallest absolute Gasteiger partial charge is 0.378 e. The first-order valence-corrected chi connectivity index (χ1v) is 7.03. The van der Waals surface area contributed by atoms with E-state index in [2.05, 4.69) is 5.32 Å². The van der Waals surface area contributed by atoms with Gasteiger partial charge in [0.25, 0.3) is 0 Å². The number of anilines is 1. The van der Waals surface area contributed by atoms with Crippen LogP contribution >= 0.6 is 0 Å². The van der Waals surface area contributed by atoms with E-state index in [1.165, 1.54) is 12.1 Å². The summed E-state index contributed by atoms with van der Waals surface area (Å²) in [5.74, 6) is 0.502. The lowest BCUT2D eigenvalue weighted by molar-refractivity contribution is -0.137. The Morgan fingerprint density at radius 2 is 1.67 bits per heavy atom. The van der Waals surface area contributed by atoms with E-state index in [1.54, 1.807) is 6.07 Å². The minimum Gasteiger partial charge on any atom is -0.378 e. The van der Waals surface area contributed by atoms with E-state index in [0.717, 1.165) is 24.5 Å². The third kappa shape index (κ3) is 3.38. The van der Waals surface area contributed by atoms with Gasteiger partial charge in [0.2, 0.25) is 0 Å². The topological polar surface area (TPSA) is 12.0 Å². The molecule has 110 valence electrons. The van der Waals surface area contributed by atoms with Crippen LogP contribution in [0.25, 0.3) is 0 Å². The molecular weight excluding hydrogens is 275 g/mol. The van der Waals surface area contributed by atoms with Crippen molar-refractivity contribution >= 4 is 5.69 Å². The fourth-order valence-electron chi connectivity index (χ4n) is 2.53. The first-order chi connectivity index (χ1) is 10.0. The van der Waals surface area contributed by atoms with Crippen LogP contribution in [0, 0.1) is 5.92 Å². The summed E-state index contributed by atoms with van der Waals surface area (Å²) in [5, 5.41) is 3.27. The van der Waals surface area contributed by atoms with Crippen molar-refractivity contribution < 1.29 is 13.2 Å². The standard InChI is InChI=1S/C17H16F3N/c18-17(19,20)14-7-4-8-15(11-14)21-16(13-9-10-13)12-5-2-1-3-6-12/h1-8,11,13,16,21H,9-10H2. The van der Waals surface area contributed by atoms with Gasteiger partial charge in [-0.3, -0.25) is 0 Å². The number of alkyl halides is 3. The Labute approximate surface area is 121 Å². The Hall–Kier alpha value is -1.97. The first kappa shape index (κ1) is 14.0. The normalized spacial score (nSPS) is 16.5. The average Bonchev–Trinajstić information content (AvgIpc) is 3.30. The van der Waals surface area contributed by atoms with Crippen molar-refractivity contribution in [2.45, 2.75) is 25.1 Å². The summed E-state index contributed by atoms with van der Waals surface area (Å²) in [6.07, 6.45) is -2.07. The van der Waals surface area contributed by atoms with Crippen LogP contribution in [-0.2, 0) is 6.18 Å². The minimum absolute atomic E-state index is 0.0784. The van der Waals surface area contributed by atoms with E-state index in [-0.39, 0.29) is 6.04 Å². The molecule has 0 radical (unpaired) electrons. The van der Waals surface area contributed by atoms with Crippen LogP contribution in [0.5, 0.6) is 0 Å². The monoisotopic (exact) mass is 291 g/mol. The maximum atomic E-state index is 12.8. The van der Waals surface area contributed by atoms with Gasteiger partial charge in [0, 0.05) is 5.69 Å². The first-order valence-electron chi connectivity index (χ1n) is 7.03. The molecule has 21 heavy (non-hydrogen) atoms. The van der Waals surface area contributed by atoms with Crippen LogP contribution in [0.3, 0.4) is 0 Å². The highest BCUT2D eigenvalue weighted by atomic mass is 19.4. The summed E-state index contributed by atoms with van der Waals surface area (Å²) in [6.45, 7) is 0. The largest absolute Gasteiger partial charge is 0.416 e. The second-order valence-corrected chi connectivity index (χ2v) is 5.45. The van der Waals surface area contributed by atoms with Crippen molar-refractivity contribution in [2.24, 2.45) is 5.92 Å². The summed E-state index contributed by atoms with van der Waals surface area (Å²) in [5.41, 5.74) is 1.03. The molecule has 1 atom stereocenters. The molecule has 1 saturated carbocycles. The van der Waals surface area contributed by atoms with Crippen molar-refractivity contribution in [1.29, 1.82) is 0 Å². The van der Waals surface area contributed by atoms with E-state index < -0.39 is 11.7 Å². The molecular formula is C17H16F3N. The molecule has 1 unspecified atom stereocenters. The molecule has 0 aliphatic heterocycles. The molecule has 1 fully saturated rings. The molecule has 0 bridgehead atoms. The van der Waals surface area contributed by atoms with Crippen molar-refractivity contribution in [3.63, 3.8) is 0 Å². The van der Waals surface area contributed by atoms with Crippen LogP contribution in [0.15, 0.2) is 54.6 Å². The summed E-state index contributed by atoms with van der Waals surface area (Å²) in [6, 6.07) is 15.4. The number of rotatable bonds is 4. The number of hydrogen-bond acceptors (Lipinski definition) is 1. The van der Waals surface area contributed by atoms with Gasteiger partial charge in [0.05, 0.1) is 11.6 Å². The van der Waals surface area contributed by atoms with E-state index in [9.17, 15) is 13.2 Å². The highest BCUT2D eigenvalue weighted by Gasteiger charge is 2.33. The maximum Gasteiger partial charge on any atom is 0.416 e. The van der Waals surface area contributed by atoms with E-state index in [1.807, 2.05) is 30.3 Å². The van der Waals surface area contributed by atoms with Gasteiger partial charge in [-0.1, -0.05) is 36.4 Å². The summed E-state index contributed by atoms with van der Waals surface area (Å²) >= 11 is 0. The van der Waals surface area contributed by atoms with Gasteiger partial charge in [-0.15, -0.1) is 0 Å². The van der Waals surface area contributed by atoms with Gasteiger partial charge < -0.3 is 5.32 Å². The van der Waals surface area contributed by atoms with Crippen LogP contribution in [0.4, 0.5) is 18.9 Å². The zero-order chi connectivity index (χ0) is 14.9. The van der Waals surface area contributed by atoms with Crippen molar-refractivity contribution in [3.8, 4) is 0 Å². The highest BCUT2D eigenvalue weighted by Crippen LogP contribution is 2.43. The molecule has 1 nitrogen and oxygen atoms in total. The van der Waals surface area contributed by atoms with E-state index in [0.29, 0.717) is 11.6 Å². The molecule has 4 heteroatoms. The molecule has 2 aromatic carbocycles. The lowest BCUT2D eigenvalue weighted by Crippen LogP contribution is -2.13. The molecule has 1 aliphatic rings. The van der Waals surface area contributed by atoms with Gasteiger partial charge in [-0.25, -0.2) is 0 Å². The van der Waals surface area contributed by atoms with Crippen LogP contribution in [-0.4, -0.2) is 0 Å². The van der Waals surface area contributed by atoms with Gasteiger partial charge in [-0.05, 0) is 42.5 Å². The number of halogens is 3. The Balaban J connectivity index is 1.84. The van der Waals surface area contributed by atoms with Crippen molar-refractivity contribution in [2.75, 3.05) is 5.32 Å². The Bertz CT molecular complexity index is 603. The zero-order valence-electron chi connectivity index (χ0n) is 11.4. The van der Waals surface area contributed by atoms with E-state index >= 15 is 0 Å². The van der Waals surface area contributed by atoms with Gasteiger partial charge in [-0.2, -0.15) is 13.2 Å². The fourth-order valence-corrected chi connectivity index (χ4v) is 2.53. The molecule has 3 rings (SSSR count). The molecule has 0 saturated heterocycles. The maximum absolute atomic E-state index is 12.8. The second kappa shape index (κ2) is 5.43. The van der Waals surface area contributed by atoms with Gasteiger partial charge in [0.15, 0.2) is 0 Å². The van der Waals surface area contributed by atoms with Gasteiger partial charge in [0.1, 0.15) is 0 Å². The van der Waals surface area contributed by atoms with Crippen molar-refractivity contribution in [3.05, 3.63) is 65.7 Å². The lowest BCUT2D eigenvalue weighted by atomic mass is 10.0. The average molecular weight is 291 g/mol. The molecule has 0 aromatic heterocycles. The van der Waals surface area contributed by atoms with Crippen LogP contribution < -0.4 is 5.32 Å². The number of nitrogens with one attached hydrogen (secondary N) is 1. The third-order valence-electron chi connectivity index (χ3n) is 3.76. The summed E-state index contributed by atoms with van der Waals surface area (Å²) in [4.78, 5) is 0. The summed E-state index contributed by atoms with van der Waals surface area (Å²) in [7, 11) is 0. The zero-order valence-corrected chi connectivity index (χ0v) is 11.4. The van der Waals surface area contributed by atoms with Gasteiger partial charge >= 0.3 is 6.18 Å². The molecule has 1 aliphatic carbocycles. The van der Waals surface area contributed by atoms with Crippen LogP contribution in [0.1, 0.15) is 30.0 Å². The SMILES string of the molecule is FC(F)(F)c1cccc(NC(c2ccccc2)C2CC2)c1. The van der Waals surface area contributed by atoms with Crippen molar-refractivity contribution in [1.82, 2.24) is 0 Å². The van der Waals surface area contributed by atoms with E-state index in [4.69, 9.17) is 0 Å². The fraction of sp³-hybridized carbons (Fsp3) is 0.294. The molecule has 1 N–H and O–H groups in total. The predicted molar refractivity (Wildman–Crippen MR) is 77.0 cm³/mol. The Morgan fingerprint density at radius 1 is 0.952 bits per heavy atom. The molecule has 2 aromatic rings. The Morgan fingerprint density at radius 3 is 2.29 bits per heavy atom. The summed E-state index contributed by atoms with van der Waals surface area (Å²) < 4.78 is 38.3. The van der Waals surface area contributed by atoms with Crippen LogP contribution in [0.2, 0.25) is 0 Å². The highest BCUT2D eigenvalue weighted by molar-refractivity contribution is 5.49. The minimum atomic E-state index is -4.31. The third-order valence-corrected chi connectivity index (χ3v) is 3.76. The molecule has 0 spiro atoms. The Kier molecular flexibility index (Phi) is 3.62. The lowest BCUT2D eigenvalue weighted by Gasteiger charge is -2.21. The predicted octanol–water partition coefficient (Wildman–Crippen LogP) is 5.27. The molecule has 0 amide bonds.